The molecule has 0 aromatic heterocycles. The molecule has 30 heavy (non-hydrogen) atoms. The van der Waals surface area contributed by atoms with Gasteiger partial charge in [0.15, 0.2) is 0 Å². The topological polar surface area (TPSA) is 32.7 Å². The van der Waals surface area contributed by atoms with E-state index in [1.807, 2.05) is 43.4 Å². The predicted molar refractivity (Wildman–Crippen MR) is 121 cm³/mol. The second-order valence-corrected chi connectivity index (χ2v) is 8.41. The molecular weight excluding hydrogens is 395 g/mol. The SMILES string of the molecule is CCCCN(C)C(=O)c1ccc2c(c1)N=C(c1ccc(F)cc1)c1ccccc1S2. The molecule has 1 amide bonds. The number of benzene rings is 3. The van der Waals surface area contributed by atoms with Crippen LogP contribution in [-0.4, -0.2) is 30.1 Å². The van der Waals surface area contributed by atoms with Crippen molar-refractivity contribution < 1.29 is 9.18 Å². The first-order valence-corrected chi connectivity index (χ1v) is 10.9. The second-order valence-electron chi connectivity index (χ2n) is 7.33. The van der Waals surface area contributed by atoms with Gasteiger partial charge in [-0.05, 0) is 55.0 Å². The highest BCUT2D eigenvalue weighted by Crippen LogP contribution is 2.41. The molecule has 0 unspecified atom stereocenters. The van der Waals surface area contributed by atoms with Gasteiger partial charge in [0.05, 0.1) is 11.4 Å². The number of amides is 1. The summed E-state index contributed by atoms with van der Waals surface area (Å²) in [7, 11) is 1.83. The molecule has 3 nitrogen and oxygen atoms in total. The molecule has 0 atom stereocenters. The Morgan fingerprint density at radius 1 is 1.03 bits per heavy atom. The van der Waals surface area contributed by atoms with Crippen molar-refractivity contribution in [2.75, 3.05) is 13.6 Å². The summed E-state index contributed by atoms with van der Waals surface area (Å²) in [5, 5.41) is 0. The summed E-state index contributed by atoms with van der Waals surface area (Å²) in [6.07, 6.45) is 2.02. The smallest absolute Gasteiger partial charge is 0.253 e. The monoisotopic (exact) mass is 418 g/mol. The summed E-state index contributed by atoms with van der Waals surface area (Å²) in [5.74, 6) is -0.282. The first-order valence-electron chi connectivity index (χ1n) is 10.1. The minimum Gasteiger partial charge on any atom is -0.342 e. The average molecular weight is 419 g/mol. The Morgan fingerprint density at radius 2 is 1.80 bits per heavy atom. The Kier molecular flexibility index (Phi) is 6.00. The molecule has 0 fully saturated rings. The molecule has 152 valence electrons. The molecule has 0 saturated heterocycles. The first kappa shape index (κ1) is 20.4. The number of rotatable bonds is 5. The van der Waals surface area contributed by atoms with Crippen LogP contribution in [0, 0.1) is 5.82 Å². The lowest BCUT2D eigenvalue weighted by Gasteiger charge is -2.17. The molecule has 3 aromatic carbocycles. The van der Waals surface area contributed by atoms with Crippen LogP contribution in [0.15, 0.2) is 81.5 Å². The largest absolute Gasteiger partial charge is 0.342 e. The highest BCUT2D eigenvalue weighted by Gasteiger charge is 2.20. The number of halogens is 1. The van der Waals surface area contributed by atoms with E-state index in [4.69, 9.17) is 4.99 Å². The maximum atomic E-state index is 13.5. The van der Waals surface area contributed by atoms with E-state index in [9.17, 15) is 9.18 Å². The molecule has 0 N–H and O–H groups in total. The number of hydrogen-bond acceptors (Lipinski definition) is 3. The van der Waals surface area contributed by atoms with Gasteiger partial charge in [-0.25, -0.2) is 9.38 Å². The van der Waals surface area contributed by atoms with Crippen LogP contribution in [0.1, 0.15) is 41.3 Å². The van der Waals surface area contributed by atoms with E-state index in [1.165, 1.54) is 12.1 Å². The highest BCUT2D eigenvalue weighted by atomic mass is 32.2. The minimum atomic E-state index is -0.279. The van der Waals surface area contributed by atoms with Crippen LogP contribution >= 0.6 is 11.8 Å². The molecule has 1 aliphatic rings. The fourth-order valence-corrected chi connectivity index (χ4v) is 4.42. The average Bonchev–Trinajstić information content (AvgIpc) is 2.93. The molecule has 0 bridgehead atoms. The Labute approximate surface area is 180 Å². The van der Waals surface area contributed by atoms with E-state index in [0.29, 0.717) is 5.56 Å². The van der Waals surface area contributed by atoms with Gasteiger partial charge in [-0.15, -0.1) is 0 Å². The molecule has 3 aromatic rings. The van der Waals surface area contributed by atoms with Crippen LogP contribution in [0.25, 0.3) is 0 Å². The normalized spacial score (nSPS) is 12.4. The van der Waals surface area contributed by atoms with Crippen LogP contribution < -0.4 is 0 Å². The molecule has 1 heterocycles. The van der Waals surface area contributed by atoms with Gasteiger partial charge in [0.1, 0.15) is 5.82 Å². The van der Waals surface area contributed by atoms with Gasteiger partial charge < -0.3 is 4.90 Å². The fraction of sp³-hybridized carbons (Fsp3) is 0.200. The van der Waals surface area contributed by atoms with Crippen molar-refractivity contribution in [3.05, 3.63) is 89.2 Å². The molecule has 0 aliphatic carbocycles. The number of aliphatic imine (C=N–C) groups is 1. The van der Waals surface area contributed by atoms with Crippen LogP contribution in [0.2, 0.25) is 0 Å². The lowest BCUT2D eigenvalue weighted by molar-refractivity contribution is 0.0793. The summed E-state index contributed by atoms with van der Waals surface area (Å²) in [5.41, 5.74) is 4.00. The summed E-state index contributed by atoms with van der Waals surface area (Å²) in [4.78, 5) is 21.6. The van der Waals surface area contributed by atoms with Gasteiger partial charge in [0.25, 0.3) is 5.91 Å². The van der Waals surface area contributed by atoms with Gasteiger partial charge in [0.2, 0.25) is 0 Å². The van der Waals surface area contributed by atoms with Gasteiger partial charge in [-0.3, -0.25) is 4.79 Å². The van der Waals surface area contributed by atoms with Crippen molar-refractivity contribution >= 4 is 29.1 Å². The van der Waals surface area contributed by atoms with Crippen molar-refractivity contribution in [3.8, 4) is 0 Å². The van der Waals surface area contributed by atoms with Crippen molar-refractivity contribution in [2.24, 2.45) is 4.99 Å². The third-order valence-corrected chi connectivity index (χ3v) is 6.25. The van der Waals surface area contributed by atoms with Crippen LogP contribution in [0.4, 0.5) is 10.1 Å². The molecule has 5 heteroatoms. The zero-order chi connectivity index (χ0) is 21.1. The number of unbranched alkanes of at least 4 members (excludes halogenated alkanes) is 1. The van der Waals surface area contributed by atoms with E-state index in [0.717, 1.165) is 51.7 Å². The molecule has 0 radical (unpaired) electrons. The predicted octanol–water partition coefficient (Wildman–Crippen LogP) is 6.33. The molecule has 4 rings (SSSR count). The number of hydrogen-bond donors (Lipinski definition) is 0. The van der Waals surface area contributed by atoms with E-state index in [-0.39, 0.29) is 11.7 Å². The zero-order valence-electron chi connectivity index (χ0n) is 17.1. The number of carbonyl (C=O) groups excluding carboxylic acids is 1. The maximum absolute atomic E-state index is 13.5. The van der Waals surface area contributed by atoms with Gasteiger partial charge in [-0.2, -0.15) is 0 Å². The Hall–Kier alpha value is -2.92. The molecular formula is C25H23FN2OS. The number of fused-ring (bicyclic) bond motifs is 2. The molecule has 0 saturated carbocycles. The third-order valence-electron chi connectivity index (χ3n) is 5.11. The Morgan fingerprint density at radius 3 is 2.57 bits per heavy atom. The molecule has 1 aliphatic heterocycles. The second kappa shape index (κ2) is 8.84. The van der Waals surface area contributed by atoms with Crippen LogP contribution in [-0.2, 0) is 0 Å². The van der Waals surface area contributed by atoms with Gasteiger partial charge in [-0.1, -0.05) is 43.3 Å². The summed E-state index contributed by atoms with van der Waals surface area (Å²) in [6, 6.07) is 20.2. The maximum Gasteiger partial charge on any atom is 0.253 e. The van der Waals surface area contributed by atoms with Crippen molar-refractivity contribution in [1.29, 1.82) is 0 Å². The van der Waals surface area contributed by atoms with E-state index in [1.54, 1.807) is 28.8 Å². The summed E-state index contributed by atoms with van der Waals surface area (Å²) >= 11 is 1.63. The van der Waals surface area contributed by atoms with Gasteiger partial charge >= 0.3 is 0 Å². The quantitative estimate of drug-likeness (QED) is 0.379. The number of carbonyl (C=O) groups is 1. The summed E-state index contributed by atoms with van der Waals surface area (Å²) in [6.45, 7) is 2.85. The lowest BCUT2D eigenvalue weighted by atomic mass is 10.0. The van der Waals surface area contributed by atoms with Crippen LogP contribution in [0.3, 0.4) is 0 Å². The standard InChI is InChI=1S/C25H23FN2OS/c1-3-4-15-28(2)25(29)18-11-14-23-21(16-18)27-24(17-9-12-19(26)13-10-17)20-7-5-6-8-22(20)30-23/h5-14,16H,3-4,15H2,1-2H3. The minimum absolute atomic E-state index is 0.00320. The van der Waals surface area contributed by atoms with E-state index < -0.39 is 0 Å². The summed E-state index contributed by atoms with van der Waals surface area (Å²) < 4.78 is 13.5. The fourth-order valence-electron chi connectivity index (χ4n) is 3.42. The Balaban J connectivity index is 1.79. The van der Waals surface area contributed by atoms with E-state index >= 15 is 0 Å². The Bertz CT molecular complexity index is 1110. The van der Waals surface area contributed by atoms with Crippen molar-refractivity contribution in [2.45, 2.75) is 29.6 Å². The van der Waals surface area contributed by atoms with Gasteiger partial charge in [0, 0.05) is 40.1 Å². The number of nitrogens with zero attached hydrogens (tertiary/aromatic N) is 2. The first-order chi connectivity index (χ1) is 14.6. The van der Waals surface area contributed by atoms with Crippen molar-refractivity contribution in [3.63, 3.8) is 0 Å². The van der Waals surface area contributed by atoms with E-state index in [2.05, 4.69) is 13.0 Å². The lowest BCUT2D eigenvalue weighted by Crippen LogP contribution is -2.27. The zero-order valence-corrected chi connectivity index (χ0v) is 17.9. The van der Waals surface area contributed by atoms with Crippen LogP contribution in [0.5, 0.6) is 0 Å². The molecule has 0 spiro atoms. The third kappa shape index (κ3) is 4.17. The highest BCUT2D eigenvalue weighted by molar-refractivity contribution is 7.99. The van der Waals surface area contributed by atoms with Crippen molar-refractivity contribution in [1.82, 2.24) is 4.90 Å².